The zero-order valence-corrected chi connectivity index (χ0v) is 16.4. The van der Waals surface area contributed by atoms with Crippen LogP contribution in [-0.4, -0.2) is 38.4 Å². The Labute approximate surface area is 168 Å². The molecule has 2 aromatic heterocycles. The predicted octanol–water partition coefficient (Wildman–Crippen LogP) is 3.55. The molecule has 1 saturated heterocycles. The highest BCUT2D eigenvalue weighted by Gasteiger charge is 2.29. The second-order valence-electron chi connectivity index (χ2n) is 7.43. The number of likely N-dealkylation sites (tertiary alicyclic amines) is 1. The van der Waals surface area contributed by atoms with Gasteiger partial charge in [-0.1, -0.05) is 11.6 Å². The average molecular weight is 399 g/mol. The van der Waals surface area contributed by atoms with Crippen molar-refractivity contribution >= 4 is 23.2 Å². The van der Waals surface area contributed by atoms with E-state index in [1.807, 2.05) is 40.8 Å². The lowest BCUT2D eigenvalue weighted by Gasteiger charge is -2.35. The summed E-state index contributed by atoms with van der Waals surface area (Å²) in [5.41, 5.74) is 9.40. The van der Waals surface area contributed by atoms with E-state index in [-0.39, 0.29) is 23.6 Å². The molecule has 0 saturated carbocycles. The fourth-order valence-corrected chi connectivity index (χ4v) is 4.07. The third kappa shape index (κ3) is 3.45. The van der Waals surface area contributed by atoms with Crippen molar-refractivity contribution in [1.82, 2.24) is 14.3 Å². The summed E-state index contributed by atoms with van der Waals surface area (Å²) in [7, 11) is 0. The van der Waals surface area contributed by atoms with Gasteiger partial charge in [0.05, 0.1) is 5.56 Å². The zero-order chi connectivity index (χ0) is 19.8. The fourth-order valence-electron chi connectivity index (χ4n) is 3.89. The zero-order valence-electron chi connectivity index (χ0n) is 15.7. The van der Waals surface area contributed by atoms with Crippen LogP contribution in [0, 0.1) is 12.8 Å². The van der Waals surface area contributed by atoms with Crippen molar-refractivity contribution in [2.24, 2.45) is 11.7 Å². The first-order valence-electron chi connectivity index (χ1n) is 9.40. The van der Waals surface area contributed by atoms with Crippen molar-refractivity contribution in [3.05, 3.63) is 64.6 Å². The van der Waals surface area contributed by atoms with E-state index in [0.717, 1.165) is 24.1 Å². The lowest BCUT2D eigenvalue weighted by molar-refractivity contribution is 0.0677. The maximum atomic E-state index is 12.9. The summed E-state index contributed by atoms with van der Waals surface area (Å²) in [4.78, 5) is 18.9. The molecule has 28 heavy (non-hydrogen) atoms. The van der Waals surface area contributed by atoms with Crippen molar-refractivity contribution in [1.29, 1.82) is 0 Å². The van der Waals surface area contributed by atoms with E-state index < -0.39 is 0 Å². The van der Waals surface area contributed by atoms with E-state index in [2.05, 4.69) is 4.98 Å². The Morgan fingerprint density at radius 2 is 2.07 bits per heavy atom. The number of nitrogens with two attached hydrogens (primary N) is 1. The molecule has 6 nitrogen and oxygen atoms in total. The number of phenols is 1. The number of pyridine rings is 1. The molecule has 0 unspecified atom stereocenters. The van der Waals surface area contributed by atoms with Crippen LogP contribution < -0.4 is 5.73 Å². The summed E-state index contributed by atoms with van der Waals surface area (Å²) >= 11 is 6.21. The number of hydrogen-bond donors (Lipinski definition) is 2. The van der Waals surface area contributed by atoms with Crippen LogP contribution in [0.3, 0.4) is 0 Å². The number of aromatic nitrogens is 2. The number of fused-ring (bicyclic) bond motifs is 1. The van der Waals surface area contributed by atoms with E-state index in [1.165, 1.54) is 0 Å². The fraction of sp³-hybridized carbons (Fsp3) is 0.333. The predicted molar refractivity (Wildman–Crippen MR) is 109 cm³/mol. The molecule has 0 aliphatic carbocycles. The molecular formula is C21H23ClN4O2. The molecule has 1 fully saturated rings. The smallest absolute Gasteiger partial charge is 0.255 e. The molecule has 7 heteroatoms. The van der Waals surface area contributed by atoms with Gasteiger partial charge in [0.25, 0.3) is 5.91 Å². The van der Waals surface area contributed by atoms with Gasteiger partial charge in [-0.15, -0.1) is 0 Å². The maximum absolute atomic E-state index is 12.9. The van der Waals surface area contributed by atoms with Gasteiger partial charge in [-0.2, -0.15) is 0 Å². The molecule has 3 heterocycles. The van der Waals surface area contributed by atoms with Crippen LogP contribution in [0.5, 0.6) is 5.75 Å². The van der Waals surface area contributed by atoms with Gasteiger partial charge in [0.1, 0.15) is 11.4 Å². The van der Waals surface area contributed by atoms with Gasteiger partial charge in [-0.05, 0) is 55.5 Å². The summed E-state index contributed by atoms with van der Waals surface area (Å²) in [6.07, 6.45) is 6.92. The summed E-state index contributed by atoms with van der Waals surface area (Å²) in [5, 5.41) is 10.9. The number of phenolic OH excluding ortho intramolecular Hbond substituents is 1. The molecule has 3 N–H and O–H groups in total. The van der Waals surface area contributed by atoms with Gasteiger partial charge in [0, 0.05) is 48.3 Å². The van der Waals surface area contributed by atoms with Crippen LogP contribution in [-0.2, 0) is 0 Å². The summed E-state index contributed by atoms with van der Waals surface area (Å²) in [6.45, 7) is 3.13. The topological polar surface area (TPSA) is 83.9 Å². The number of halogens is 1. The molecule has 1 aliphatic heterocycles. The van der Waals surface area contributed by atoms with Crippen LogP contribution in [0.25, 0.3) is 5.65 Å². The molecule has 1 aromatic carbocycles. The number of hydrogen-bond acceptors (Lipinski definition) is 4. The number of amides is 1. The van der Waals surface area contributed by atoms with Crippen molar-refractivity contribution < 1.29 is 9.90 Å². The molecule has 4 rings (SSSR count). The number of carbonyl (C=O) groups is 1. The number of benzene rings is 1. The second-order valence-corrected chi connectivity index (χ2v) is 7.83. The van der Waals surface area contributed by atoms with Crippen LogP contribution in [0.15, 0.2) is 42.9 Å². The van der Waals surface area contributed by atoms with Gasteiger partial charge in [-0.25, -0.2) is 4.98 Å². The first-order chi connectivity index (χ1) is 13.4. The van der Waals surface area contributed by atoms with Crippen molar-refractivity contribution in [2.45, 2.75) is 25.8 Å². The molecule has 1 aliphatic rings. The highest BCUT2D eigenvalue weighted by Crippen LogP contribution is 2.36. The van der Waals surface area contributed by atoms with Gasteiger partial charge in [0.15, 0.2) is 0 Å². The molecule has 3 aromatic rings. The monoisotopic (exact) mass is 398 g/mol. The van der Waals surface area contributed by atoms with Crippen molar-refractivity contribution in [3.63, 3.8) is 0 Å². The summed E-state index contributed by atoms with van der Waals surface area (Å²) < 4.78 is 1.85. The van der Waals surface area contributed by atoms with Crippen LogP contribution in [0.1, 0.15) is 40.4 Å². The quantitative estimate of drug-likeness (QED) is 0.706. The van der Waals surface area contributed by atoms with Gasteiger partial charge in [-0.3, -0.25) is 4.79 Å². The third-order valence-electron chi connectivity index (χ3n) is 5.64. The Bertz CT molecular complexity index is 1020. The molecule has 0 radical (unpaired) electrons. The molecule has 1 atom stereocenters. The van der Waals surface area contributed by atoms with E-state index in [0.29, 0.717) is 29.2 Å². The Balaban J connectivity index is 1.44. The number of carbonyl (C=O) groups excluding carboxylic acids is 1. The number of aryl methyl sites for hydroxylation is 1. The molecule has 1 amide bonds. The van der Waals surface area contributed by atoms with Gasteiger partial charge >= 0.3 is 0 Å². The lowest BCUT2D eigenvalue weighted by Crippen LogP contribution is -2.41. The summed E-state index contributed by atoms with van der Waals surface area (Å²) in [6, 6.07) is 6.77. The third-order valence-corrected chi connectivity index (χ3v) is 6.04. The summed E-state index contributed by atoms with van der Waals surface area (Å²) in [5.74, 6) is 0.384. The minimum absolute atomic E-state index is 0.0175. The number of rotatable bonds is 3. The first-order valence-corrected chi connectivity index (χ1v) is 9.78. The Hall–Kier alpha value is -2.57. The normalized spacial score (nSPS) is 16.5. The van der Waals surface area contributed by atoms with Crippen molar-refractivity contribution in [2.75, 3.05) is 13.1 Å². The first kappa shape index (κ1) is 18.8. The standard InChI is InChI=1S/C21H23ClN4O2/c1-13-10-18(27)16(11-17(13)22)20(23)14-4-7-25(8-5-14)21(28)15-2-3-19-24-6-9-26(19)12-15/h2-3,6,9-12,14,20,27H,4-5,7-8,23H2,1H3/t20-/m1/s1. The Kier molecular flexibility index (Phi) is 5.00. The van der Waals surface area contributed by atoms with E-state index in [1.54, 1.807) is 18.3 Å². The van der Waals surface area contributed by atoms with Crippen LogP contribution in [0.2, 0.25) is 5.02 Å². The highest BCUT2D eigenvalue weighted by molar-refractivity contribution is 6.31. The SMILES string of the molecule is Cc1cc(O)c([C@H](N)C2CCN(C(=O)c3ccc4nccn4c3)CC2)cc1Cl. The largest absolute Gasteiger partial charge is 0.508 e. The number of aromatic hydroxyl groups is 1. The van der Waals surface area contributed by atoms with Crippen molar-refractivity contribution in [3.8, 4) is 5.75 Å². The van der Waals surface area contributed by atoms with E-state index >= 15 is 0 Å². The average Bonchev–Trinajstić information content (AvgIpc) is 3.17. The number of piperidine rings is 1. The molecule has 0 spiro atoms. The molecular weight excluding hydrogens is 376 g/mol. The Morgan fingerprint density at radius 1 is 1.32 bits per heavy atom. The lowest BCUT2D eigenvalue weighted by atomic mass is 9.85. The second kappa shape index (κ2) is 7.45. The molecule has 0 bridgehead atoms. The minimum atomic E-state index is -0.308. The highest BCUT2D eigenvalue weighted by atomic mass is 35.5. The van der Waals surface area contributed by atoms with Gasteiger partial charge < -0.3 is 20.1 Å². The number of imidazole rings is 1. The Morgan fingerprint density at radius 3 is 2.82 bits per heavy atom. The molecule has 146 valence electrons. The van der Waals surface area contributed by atoms with Crippen LogP contribution in [0.4, 0.5) is 0 Å². The van der Waals surface area contributed by atoms with Gasteiger partial charge in [0.2, 0.25) is 0 Å². The maximum Gasteiger partial charge on any atom is 0.255 e. The van der Waals surface area contributed by atoms with Crippen LogP contribution >= 0.6 is 11.6 Å². The van der Waals surface area contributed by atoms with E-state index in [9.17, 15) is 9.90 Å². The van der Waals surface area contributed by atoms with E-state index in [4.69, 9.17) is 17.3 Å². The minimum Gasteiger partial charge on any atom is -0.508 e. The number of nitrogens with zero attached hydrogens (tertiary/aromatic N) is 3.